The van der Waals surface area contributed by atoms with Gasteiger partial charge in [-0.1, -0.05) is 37.3 Å². The summed E-state index contributed by atoms with van der Waals surface area (Å²) in [6, 6.07) is 15.4. The molecule has 1 N–H and O–H groups in total. The van der Waals surface area contributed by atoms with Crippen LogP contribution in [-0.4, -0.2) is 5.11 Å². The zero-order valence-corrected chi connectivity index (χ0v) is 11.2. The Morgan fingerprint density at radius 1 is 0.842 bits per heavy atom. The van der Waals surface area contributed by atoms with Crippen LogP contribution in [0, 0.1) is 11.8 Å². The van der Waals surface area contributed by atoms with Crippen LogP contribution < -0.4 is 0 Å². The lowest BCUT2D eigenvalue weighted by molar-refractivity contribution is 0.475. The molecule has 0 heterocycles. The van der Waals surface area contributed by atoms with Crippen LogP contribution in [0.25, 0.3) is 0 Å². The van der Waals surface area contributed by atoms with Crippen LogP contribution in [0.5, 0.6) is 5.75 Å². The minimum Gasteiger partial charge on any atom is -0.508 e. The Labute approximate surface area is 114 Å². The molecule has 2 rings (SSSR count). The highest BCUT2D eigenvalue weighted by Gasteiger charge is 1.93. The highest BCUT2D eigenvalue weighted by molar-refractivity contribution is 5.44. The van der Waals surface area contributed by atoms with Crippen LogP contribution in [0.3, 0.4) is 0 Å². The fraction of sp³-hybridized carbons (Fsp3) is 0.222. The van der Waals surface area contributed by atoms with Crippen molar-refractivity contribution in [3.63, 3.8) is 0 Å². The monoisotopic (exact) mass is 250 g/mol. The SMILES string of the molecule is CCCCc1ccc(C#Cc2ccc(O)cc2)cc1. The number of aryl methyl sites for hydroxylation is 1. The summed E-state index contributed by atoms with van der Waals surface area (Å²) in [7, 11) is 0. The third kappa shape index (κ3) is 4.19. The van der Waals surface area contributed by atoms with Crippen molar-refractivity contribution in [1.82, 2.24) is 0 Å². The third-order valence-corrected chi connectivity index (χ3v) is 2.99. The quantitative estimate of drug-likeness (QED) is 0.812. The summed E-state index contributed by atoms with van der Waals surface area (Å²) in [5.74, 6) is 6.49. The standard InChI is InChI=1S/C18H18O/c1-2-3-4-15-5-7-16(8-6-15)9-10-17-11-13-18(19)14-12-17/h5-8,11-14,19H,2-4H2,1H3. The molecule has 2 aromatic rings. The third-order valence-electron chi connectivity index (χ3n) is 2.99. The van der Waals surface area contributed by atoms with Crippen molar-refractivity contribution in [3.05, 3.63) is 65.2 Å². The van der Waals surface area contributed by atoms with Gasteiger partial charge in [0.1, 0.15) is 5.75 Å². The van der Waals surface area contributed by atoms with E-state index in [9.17, 15) is 5.11 Å². The Balaban J connectivity index is 2.05. The summed E-state index contributed by atoms with van der Waals surface area (Å²) in [5.41, 5.74) is 3.30. The van der Waals surface area contributed by atoms with E-state index in [0.717, 1.165) is 17.5 Å². The van der Waals surface area contributed by atoms with Crippen molar-refractivity contribution in [2.45, 2.75) is 26.2 Å². The Morgan fingerprint density at radius 3 is 1.89 bits per heavy atom. The van der Waals surface area contributed by atoms with E-state index in [1.807, 2.05) is 12.1 Å². The molecule has 0 aliphatic heterocycles. The van der Waals surface area contributed by atoms with E-state index in [0.29, 0.717) is 0 Å². The van der Waals surface area contributed by atoms with Gasteiger partial charge in [-0.15, -0.1) is 0 Å². The second kappa shape index (κ2) is 6.66. The Morgan fingerprint density at radius 2 is 1.37 bits per heavy atom. The number of hydrogen-bond acceptors (Lipinski definition) is 1. The van der Waals surface area contributed by atoms with Gasteiger partial charge in [0, 0.05) is 11.1 Å². The predicted molar refractivity (Wildman–Crippen MR) is 79.1 cm³/mol. The van der Waals surface area contributed by atoms with E-state index in [-0.39, 0.29) is 5.75 Å². The molecule has 0 fully saturated rings. The topological polar surface area (TPSA) is 20.2 Å². The molecule has 96 valence electrons. The van der Waals surface area contributed by atoms with Crippen LogP contribution in [0.1, 0.15) is 36.5 Å². The van der Waals surface area contributed by atoms with Gasteiger partial charge in [-0.25, -0.2) is 0 Å². The van der Waals surface area contributed by atoms with Crippen molar-refractivity contribution in [1.29, 1.82) is 0 Å². The van der Waals surface area contributed by atoms with Gasteiger partial charge in [0.2, 0.25) is 0 Å². The molecule has 0 radical (unpaired) electrons. The summed E-state index contributed by atoms with van der Waals surface area (Å²) in [6.45, 7) is 2.21. The Bertz CT molecular complexity index is 568. The molecule has 0 aromatic heterocycles. The van der Waals surface area contributed by atoms with E-state index in [4.69, 9.17) is 0 Å². The molecule has 0 bridgehead atoms. The van der Waals surface area contributed by atoms with E-state index < -0.39 is 0 Å². The first-order valence-corrected chi connectivity index (χ1v) is 6.68. The van der Waals surface area contributed by atoms with Gasteiger partial charge in [0.15, 0.2) is 0 Å². The summed E-state index contributed by atoms with van der Waals surface area (Å²) in [5, 5.41) is 9.20. The van der Waals surface area contributed by atoms with Crippen molar-refractivity contribution >= 4 is 0 Å². The number of aromatic hydroxyl groups is 1. The molecule has 1 heteroatoms. The molecule has 2 aromatic carbocycles. The van der Waals surface area contributed by atoms with Crippen LogP contribution in [0.2, 0.25) is 0 Å². The van der Waals surface area contributed by atoms with E-state index in [1.165, 1.54) is 18.4 Å². The highest BCUT2D eigenvalue weighted by Crippen LogP contribution is 2.10. The minimum absolute atomic E-state index is 0.269. The molecular formula is C18H18O. The van der Waals surface area contributed by atoms with Gasteiger partial charge < -0.3 is 5.11 Å². The fourth-order valence-corrected chi connectivity index (χ4v) is 1.82. The van der Waals surface area contributed by atoms with E-state index in [1.54, 1.807) is 12.1 Å². The molecule has 0 saturated carbocycles. The zero-order chi connectivity index (χ0) is 13.5. The van der Waals surface area contributed by atoms with Gasteiger partial charge in [-0.3, -0.25) is 0 Å². The number of hydrogen-bond donors (Lipinski definition) is 1. The second-order valence-electron chi connectivity index (χ2n) is 4.60. The first-order chi connectivity index (χ1) is 9.28. The Hall–Kier alpha value is -2.20. The van der Waals surface area contributed by atoms with Gasteiger partial charge in [0.25, 0.3) is 0 Å². The Kier molecular flexibility index (Phi) is 4.64. The van der Waals surface area contributed by atoms with Crippen LogP contribution in [0.4, 0.5) is 0 Å². The van der Waals surface area contributed by atoms with Crippen molar-refractivity contribution in [2.75, 3.05) is 0 Å². The molecular weight excluding hydrogens is 232 g/mol. The molecule has 0 aliphatic carbocycles. The maximum atomic E-state index is 9.20. The fourth-order valence-electron chi connectivity index (χ4n) is 1.82. The second-order valence-corrected chi connectivity index (χ2v) is 4.60. The number of unbranched alkanes of at least 4 members (excludes halogenated alkanes) is 1. The van der Waals surface area contributed by atoms with Crippen molar-refractivity contribution in [3.8, 4) is 17.6 Å². The molecule has 0 spiro atoms. The first kappa shape index (κ1) is 13.2. The van der Waals surface area contributed by atoms with Gasteiger partial charge in [-0.05, 0) is 54.8 Å². The molecule has 0 saturated heterocycles. The lowest BCUT2D eigenvalue weighted by atomic mass is 10.1. The molecule has 19 heavy (non-hydrogen) atoms. The summed E-state index contributed by atoms with van der Waals surface area (Å²) < 4.78 is 0. The largest absolute Gasteiger partial charge is 0.508 e. The lowest BCUT2D eigenvalue weighted by Gasteiger charge is -1.99. The normalized spacial score (nSPS) is 9.74. The van der Waals surface area contributed by atoms with Gasteiger partial charge in [-0.2, -0.15) is 0 Å². The number of phenolic OH excluding ortho intramolecular Hbond substituents is 1. The van der Waals surface area contributed by atoms with Crippen molar-refractivity contribution in [2.24, 2.45) is 0 Å². The molecule has 1 nitrogen and oxygen atoms in total. The predicted octanol–water partition coefficient (Wildman–Crippen LogP) is 4.13. The maximum absolute atomic E-state index is 9.20. The summed E-state index contributed by atoms with van der Waals surface area (Å²) in [4.78, 5) is 0. The first-order valence-electron chi connectivity index (χ1n) is 6.68. The summed E-state index contributed by atoms with van der Waals surface area (Å²) in [6.07, 6.45) is 3.60. The van der Waals surface area contributed by atoms with Gasteiger partial charge in [0.05, 0.1) is 0 Å². The molecule has 0 atom stereocenters. The average molecular weight is 250 g/mol. The average Bonchev–Trinajstić information content (AvgIpc) is 2.46. The maximum Gasteiger partial charge on any atom is 0.115 e. The zero-order valence-electron chi connectivity index (χ0n) is 11.2. The smallest absolute Gasteiger partial charge is 0.115 e. The van der Waals surface area contributed by atoms with Crippen LogP contribution in [0.15, 0.2) is 48.5 Å². The van der Waals surface area contributed by atoms with Crippen LogP contribution in [-0.2, 0) is 6.42 Å². The van der Waals surface area contributed by atoms with E-state index >= 15 is 0 Å². The number of rotatable bonds is 3. The van der Waals surface area contributed by atoms with Crippen molar-refractivity contribution < 1.29 is 5.11 Å². The number of phenols is 1. The molecule has 0 unspecified atom stereocenters. The molecule has 0 aliphatic rings. The molecule has 0 amide bonds. The highest BCUT2D eigenvalue weighted by atomic mass is 16.3. The van der Waals surface area contributed by atoms with E-state index in [2.05, 4.69) is 43.0 Å². The minimum atomic E-state index is 0.269. The lowest BCUT2D eigenvalue weighted by Crippen LogP contribution is -1.84. The summed E-state index contributed by atoms with van der Waals surface area (Å²) >= 11 is 0. The van der Waals surface area contributed by atoms with Crippen LogP contribution >= 0.6 is 0 Å². The van der Waals surface area contributed by atoms with Gasteiger partial charge >= 0.3 is 0 Å². The number of benzene rings is 2.